The molecule has 2 rings (SSSR count). The van der Waals surface area contributed by atoms with Gasteiger partial charge in [-0.05, 0) is 12.5 Å². The molecule has 4 heteroatoms. The van der Waals surface area contributed by atoms with Gasteiger partial charge in [0.2, 0.25) is 5.91 Å². The highest BCUT2D eigenvalue weighted by atomic mass is 35.5. The number of hydrogen-bond donors (Lipinski definition) is 1. The summed E-state index contributed by atoms with van der Waals surface area (Å²) < 4.78 is 0. The molecule has 2 N–H and O–H groups in total. The first-order valence-corrected chi connectivity index (χ1v) is 4.97. The summed E-state index contributed by atoms with van der Waals surface area (Å²) in [5.41, 5.74) is 5.16. The maximum absolute atomic E-state index is 10.7. The molecule has 0 unspecified atom stereocenters. The van der Waals surface area contributed by atoms with Crippen LogP contribution in [-0.4, -0.2) is 5.91 Å². The number of carbonyl (C=O) groups is 1. The summed E-state index contributed by atoms with van der Waals surface area (Å²) >= 11 is 7.36. The molecule has 0 spiro atoms. The largest absolute Gasteiger partial charge is 0.369 e. The van der Waals surface area contributed by atoms with Gasteiger partial charge in [0, 0.05) is 22.1 Å². The second-order valence-corrected chi connectivity index (χ2v) is 4.40. The molecule has 2 atom stereocenters. The molecule has 1 aliphatic rings. The lowest BCUT2D eigenvalue weighted by Gasteiger charge is -1.90. The molecule has 12 heavy (non-hydrogen) atoms. The Morgan fingerprint density at radius 3 is 2.92 bits per heavy atom. The van der Waals surface area contributed by atoms with Crippen molar-refractivity contribution in [3.63, 3.8) is 0 Å². The van der Waals surface area contributed by atoms with Crippen molar-refractivity contribution in [2.75, 3.05) is 0 Å². The fraction of sp³-hybridized carbons (Fsp3) is 0.375. The molecule has 0 radical (unpaired) electrons. The lowest BCUT2D eigenvalue weighted by atomic mass is 10.2. The van der Waals surface area contributed by atoms with Crippen LogP contribution in [0.4, 0.5) is 0 Å². The van der Waals surface area contributed by atoms with Crippen molar-refractivity contribution in [3.05, 3.63) is 21.3 Å². The first kappa shape index (κ1) is 8.08. The van der Waals surface area contributed by atoms with Crippen molar-refractivity contribution in [1.29, 1.82) is 0 Å². The van der Waals surface area contributed by atoms with Crippen molar-refractivity contribution < 1.29 is 4.79 Å². The molecule has 2 nitrogen and oxygen atoms in total. The van der Waals surface area contributed by atoms with Gasteiger partial charge >= 0.3 is 0 Å². The molecule has 0 bridgehead atoms. The van der Waals surface area contributed by atoms with Crippen molar-refractivity contribution in [3.8, 4) is 0 Å². The highest BCUT2D eigenvalue weighted by Crippen LogP contribution is 2.49. The van der Waals surface area contributed by atoms with E-state index in [1.807, 2.05) is 11.4 Å². The quantitative estimate of drug-likeness (QED) is 0.782. The normalized spacial score (nSPS) is 27.1. The van der Waals surface area contributed by atoms with Gasteiger partial charge in [0.25, 0.3) is 0 Å². The van der Waals surface area contributed by atoms with E-state index in [1.54, 1.807) is 11.3 Å². The molecule has 0 aliphatic heterocycles. The maximum atomic E-state index is 10.7. The lowest BCUT2D eigenvalue weighted by molar-refractivity contribution is -0.119. The van der Waals surface area contributed by atoms with Gasteiger partial charge in [-0.25, -0.2) is 0 Å². The van der Waals surface area contributed by atoms with Gasteiger partial charge in [-0.1, -0.05) is 11.6 Å². The maximum Gasteiger partial charge on any atom is 0.221 e. The number of hydrogen-bond acceptors (Lipinski definition) is 2. The molecule has 0 aromatic carbocycles. The molecule has 1 aromatic heterocycles. The van der Waals surface area contributed by atoms with Gasteiger partial charge in [-0.2, -0.15) is 0 Å². The zero-order valence-electron chi connectivity index (χ0n) is 6.29. The summed E-state index contributed by atoms with van der Waals surface area (Å²) in [4.78, 5) is 11.9. The Labute approximate surface area is 79.3 Å². The van der Waals surface area contributed by atoms with Crippen LogP contribution in [0.1, 0.15) is 17.2 Å². The SMILES string of the molecule is NC(=O)[C@H]1C[C@@H]1c1cc(Cl)cs1. The third-order valence-electron chi connectivity index (χ3n) is 2.11. The van der Waals surface area contributed by atoms with Gasteiger partial charge in [0.05, 0.1) is 5.02 Å². The minimum absolute atomic E-state index is 0.0553. The van der Waals surface area contributed by atoms with E-state index in [2.05, 4.69) is 0 Å². The highest BCUT2D eigenvalue weighted by molar-refractivity contribution is 7.10. The van der Waals surface area contributed by atoms with E-state index < -0.39 is 0 Å². The van der Waals surface area contributed by atoms with Crippen molar-refractivity contribution in [2.24, 2.45) is 11.7 Å². The Kier molecular flexibility index (Phi) is 1.85. The van der Waals surface area contributed by atoms with Crippen molar-refractivity contribution in [2.45, 2.75) is 12.3 Å². The Morgan fingerprint density at radius 1 is 1.75 bits per heavy atom. The third kappa shape index (κ3) is 1.34. The first-order valence-electron chi connectivity index (χ1n) is 3.71. The molecule has 64 valence electrons. The van der Waals surface area contributed by atoms with Crippen LogP contribution in [0, 0.1) is 5.92 Å². The van der Waals surface area contributed by atoms with Crippen LogP contribution in [0.5, 0.6) is 0 Å². The molecule has 1 fully saturated rings. The van der Waals surface area contributed by atoms with Crippen LogP contribution in [0.25, 0.3) is 0 Å². The summed E-state index contributed by atoms with van der Waals surface area (Å²) in [7, 11) is 0. The molecule has 1 saturated carbocycles. The second kappa shape index (κ2) is 2.75. The number of thiophene rings is 1. The van der Waals surface area contributed by atoms with Crippen LogP contribution >= 0.6 is 22.9 Å². The van der Waals surface area contributed by atoms with E-state index in [1.165, 1.54) is 4.88 Å². The Bertz CT molecular complexity index is 323. The minimum atomic E-state index is -0.190. The predicted molar refractivity (Wildman–Crippen MR) is 49.4 cm³/mol. The molecule has 1 heterocycles. The Balaban J connectivity index is 2.10. The highest BCUT2D eigenvalue weighted by Gasteiger charge is 2.43. The van der Waals surface area contributed by atoms with E-state index in [-0.39, 0.29) is 11.8 Å². The van der Waals surface area contributed by atoms with Crippen LogP contribution < -0.4 is 5.73 Å². The first-order chi connectivity index (χ1) is 5.68. The zero-order chi connectivity index (χ0) is 8.72. The smallest absolute Gasteiger partial charge is 0.221 e. The Hall–Kier alpha value is -0.540. The lowest BCUT2D eigenvalue weighted by Crippen LogP contribution is -2.13. The summed E-state index contributed by atoms with van der Waals surface area (Å²) in [5.74, 6) is 0.212. The second-order valence-electron chi connectivity index (χ2n) is 3.02. The van der Waals surface area contributed by atoms with Gasteiger partial charge in [0.15, 0.2) is 0 Å². The van der Waals surface area contributed by atoms with E-state index in [9.17, 15) is 4.79 Å². The van der Waals surface area contributed by atoms with E-state index in [0.717, 1.165) is 11.4 Å². The van der Waals surface area contributed by atoms with Crippen molar-refractivity contribution >= 4 is 28.8 Å². The molecule has 0 saturated heterocycles. The van der Waals surface area contributed by atoms with Gasteiger partial charge in [-0.3, -0.25) is 4.79 Å². The van der Waals surface area contributed by atoms with Gasteiger partial charge < -0.3 is 5.73 Å². The average Bonchev–Trinajstić information content (AvgIpc) is 2.70. The topological polar surface area (TPSA) is 43.1 Å². The zero-order valence-corrected chi connectivity index (χ0v) is 7.86. The molecule has 1 amide bonds. The molecular formula is C8H8ClNOS. The molecule has 1 aliphatic carbocycles. The predicted octanol–water partition coefficient (Wildman–Crippen LogP) is 1.99. The summed E-state index contributed by atoms with van der Waals surface area (Å²) in [6.45, 7) is 0. The third-order valence-corrected chi connectivity index (χ3v) is 3.52. The van der Waals surface area contributed by atoms with Gasteiger partial charge in [-0.15, -0.1) is 11.3 Å². The molecular weight excluding hydrogens is 194 g/mol. The minimum Gasteiger partial charge on any atom is -0.369 e. The summed E-state index contributed by atoms with van der Waals surface area (Å²) in [5, 5.41) is 2.64. The standard InChI is InChI=1S/C8H8ClNOS/c9-4-1-7(12-3-4)5-2-6(5)8(10)11/h1,3,5-6H,2H2,(H2,10,11)/t5-,6-/m0/s1. The summed E-state index contributed by atoms with van der Waals surface area (Å²) in [6, 6.07) is 1.92. The monoisotopic (exact) mass is 201 g/mol. The number of nitrogens with two attached hydrogens (primary N) is 1. The van der Waals surface area contributed by atoms with E-state index >= 15 is 0 Å². The van der Waals surface area contributed by atoms with Crippen LogP contribution in [0.2, 0.25) is 5.02 Å². The number of halogens is 1. The van der Waals surface area contributed by atoms with Crippen LogP contribution in [0.15, 0.2) is 11.4 Å². The fourth-order valence-electron chi connectivity index (χ4n) is 1.35. The average molecular weight is 202 g/mol. The number of amides is 1. The fourth-order valence-corrected chi connectivity index (χ4v) is 2.61. The van der Waals surface area contributed by atoms with Gasteiger partial charge in [0.1, 0.15) is 0 Å². The number of carbonyl (C=O) groups excluding carboxylic acids is 1. The Morgan fingerprint density at radius 2 is 2.50 bits per heavy atom. The van der Waals surface area contributed by atoms with Crippen molar-refractivity contribution in [1.82, 2.24) is 0 Å². The van der Waals surface area contributed by atoms with E-state index in [4.69, 9.17) is 17.3 Å². The summed E-state index contributed by atoms with van der Waals surface area (Å²) in [6.07, 6.45) is 0.895. The van der Waals surface area contributed by atoms with E-state index in [0.29, 0.717) is 5.92 Å². The number of primary amides is 1. The van der Waals surface area contributed by atoms with Crippen LogP contribution in [-0.2, 0) is 4.79 Å². The molecule has 1 aromatic rings. The number of rotatable bonds is 2. The van der Waals surface area contributed by atoms with Crippen LogP contribution in [0.3, 0.4) is 0 Å².